The predicted molar refractivity (Wildman–Crippen MR) is 113 cm³/mol. The van der Waals surface area contributed by atoms with Crippen molar-refractivity contribution in [2.24, 2.45) is 0 Å². The van der Waals surface area contributed by atoms with E-state index in [2.05, 4.69) is 26.3 Å². The number of carbonyl (C=O) groups excluding carboxylic acids is 1. The van der Waals surface area contributed by atoms with Gasteiger partial charge in [-0.1, -0.05) is 0 Å². The molecule has 2 aliphatic heterocycles. The van der Waals surface area contributed by atoms with Crippen LogP contribution in [0.15, 0.2) is 12.3 Å². The lowest BCUT2D eigenvalue weighted by Crippen LogP contribution is -2.46. The predicted octanol–water partition coefficient (Wildman–Crippen LogP) is 2.78. The van der Waals surface area contributed by atoms with Gasteiger partial charge in [0.05, 0.1) is 11.5 Å². The smallest absolute Gasteiger partial charge is 0.261 e. The number of nitrogen functional groups attached to an aromatic ring is 1. The van der Waals surface area contributed by atoms with Crippen molar-refractivity contribution < 1.29 is 9.53 Å². The molecule has 1 spiro atoms. The van der Waals surface area contributed by atoms with Crippen LogP contribution in [0.1, 0.15) is 57.8 Å². The van der Waals surface area contributed by atoms with Gasteiger partial charge in [0.25, 0.3) is 5.91 Å². The first kappa shape index (κ1) is 18.8. The SMILES string of the molecule is Cc1cnc(N2CCC3(CC2)OCCc2cc(C(=O)NC4CCC4)sc23)nc1N. The third kappa shape index (κ3) is 3.38. The van der Waals surface area contributed by atoms with Crippen LogP contribution >= 0.6 is 11.3 Å². The molecule has 1 aliphatic carbocycles. The Morgan fingerprint density at radius 2 is 2.17 bits per heavy atom. The Morgan fingerprint density at radius 3 is 2.86 bits per heavy atom. The van der Waals surface area contributed by atoms with Crippen molar-refractivity contribution in [1.82, 2.24) is 15.3 Å². The van der Waals surface area contributed by atoms with E-state index in [1.54, 1.807) is 17.5 Å². The van der Waals surface area contributed by atoms with Crippen molar-refractivity contribution >= 4 is 29.0 Å². The molecule has 154 valence electrons. The molecule has 0 radical (unpaired) electrons. The van der Waals surface area contributed by atoms with Gasteiger partial charge in [-0.3, -0.25) is 4.79 Å². The van der Waals surface area contributed by atoms with Crippen molar-refractivity contribution in [1.29, 1.82) is 0 Å². The van der Waals surface area contributed by atoms with Crippen molar-refractivity contribution in [3.8, 4) is 0 Å². The number of nitrogens with two attached hydrogens (primary N) is 1. The summed E-state index contributed by atoms with van der Waals surface area (Å²) >= 11 is 1.62. The second kappa shape index (κ2) is 7.25. The Balaban J connectivity index is 1.33. The standard InChI is InChI=1S/C21H27N5O2S/c1-13-12-23-20(25-18(13)22)26-8-6-21(7-9-26)17-14(5-10-28-21)11-16(29-17)19(27)24-15-3-2-4-15/h11-12,15H,2-10H2,1H3,(H,24,27)(H2,22,23,25). The van der Waals surface area contributed by atoms with Gasteiger partial charge in [-0.2, -0.15) is 4.98 Å². The van der Waals surface area contributed by atoms with Crippen LogP contribution in [-0.2, 0) is 16.8 Å². The molecule has 0 unspecified atom stereocenters. The van der Waals surface area contributed by atoms with E-state index >= 15 is 0 Å². The van der Waals surface area contributed by atoms with Crippen LogP contribution in [0.3, 0.4) is 0 Å². The molecule has 1 amide bonds. The summed E-state index contributed by atoms with van der Waals surface area (Å²) in [6.45, 7) is 4.24. The summed E-state index contributed by atoms with van der Waals surface area (Å²) in [5.41, 5.74) is 7.85. The number of hydrogen-bond donors (Lipinski definition) is 2. The molecular weight excluding hydrogens is 386 g/mol. The molecule has 2 fully saturated rings. The minimum atomic E-state index is -0.292. The number of anilines is 2. The lowest BCUT2D eigenvalue weighted by molar-refractivity contribution is -0.0736. The topological polar surface area (TPSA) is 93.4 Å². The number of piperidine rings is 1. The molecule has 2 aromatic rings. The summed E-state index contributed by atoms with van der Waals surface area (Å²) in [7, 11) is 0. The maximum atomic E-state index is 12.7. The van der Waals surface area contributed by atoms with E-state index in [0.29, 0.717) is 24.4 Å². The van der Waals surface area contributed by atoms with Crippen molar-refractivity contribution in [2.45, 2.75) is 57.1 Å². The van der Waals surface area contributed by atoms with E-state index in [9.17, 15) is 4.79 Å². The van der Waals surface area contributed by atoms with Gasteiger partial charge in [0.2, 0.25) is 5.95 Å². The van der Waals surface area contributed by atoms with E-state index < -0.39 is 0 Å². The number of hydrogen-bond acceptors (Lipinski definition) is 7. The van der Waals surface area contributed by atoms with Crippen molar-refractivity contribution in [3.63, 3.8) is 0 Å². The van der Waals surface area contributed by atoms with Crippen molar-refractivity contribution in [3.05, 3.63) is 33.1 Å². The average molecular weight is 414 g/mol. The number of carbonyl (C=O) groups is 1. The molecule has 29 heavy (non-hydrogen) atoms. The summed E-state index contributed by atoms with van der Waals surface area (Å²) in [5, 5.41) is 3.17. The first-order valence-electron chi connectivity index (χ1n) is 10.5. The van der Waals surface area contributed by atoms with Gasteiger partial charge in [-0.15, -0.1) is 11.3 Å². The number of nitrogens with zero attached hydrogens (tertiary/aromatic N) is 3. The minimum absolute atomic E-state index is 0.0743. The summed E-state index contributed by atoms with van der Waals surface area (Å²) in [6.07, 6.45) is 7.81. The highest BCUT2D eigenvalue weighted by atomic mass is 32.1. The van der Waals surface area contributed by atoms with E-state index in [1.807, 2.05) is 6.92 Å². The number of ether oxygens (including phenoxy) is 1. The Labute approximate surface area is 174 Å². The zero-order valence-electron chi connectivity index (χ0n) is 16.7. The summed E-state index contributed by atoms with van der Waals surface area (Å²) < 4.78 is 6.35. The normalized spacial score (nSPS) is 20.9. The van der Waals surface area contributed by atoms with E-state index in [0.717, 1.165) is 55.6 Å². The van der Waals surface area contributed by atoms with Crippen LogP contribution in [0.5, 0.6) is 0 Å². The highest BCUT2D eigenvalue weighted by Gasteiger charge is 2.43. The molecule has 3 aliphatic rings. The molecule has 0 atom stereocenters. The average Bonchev–Trinajstić information content (AvgIpc) is 3.14. The minimum Gasteiger partial charge on any atom is -0.383 e. The number of nitrogens with one attached hydrogen (secondary N) is 1. The molecule has 3 N–H and O–H groups in total. The van der Waals surface area contributed by atoms with Crippen LogP contribution in [0, 0.1) is 6.92 Å². The van der Waals surface area contributed by atoms with Gasteiger partial charge in [0, 0.05) is 35.8 Å². The fourth-order valence-electron chi connectivity index (χ4n) is 4.38. The van der Waals surface area contributed by atoms with Gasteiger partial charge < -0.3 is 20.7 Å². The van der Waals surface area contributed by atoms with Gasteiger partial charge in [0.15, 0.2) is 0 Å². The number of aromatic nitrogens is 2. The Hall–Kier alpha value is -2.19. The fraction of sp³-hybridized carbons (Fsp3) is 0.571. The monoisotopic (exact) mass is 413 g/mol. The van der Waals surface area contributed by atoms with Crippen molar-refractivity contribution in [2.75, 3.05) is 30.3 Å². The third-order valence-corrected chi connectivity index (χ3v) is 7.85. The zero-order valence-corrected chi connectivity index (χ0v) is 17.6. The molecule has 0 aromatic carbocycles. The first-order valence-corrected chi connectivity index (χ1v) is 11.3. The van der Waals surface area contributed by atoms with Crippen LogP contribution in [0.2, 0.25) is 0 Å². The van der Waals surface area contributed by atoms with Gasteiger partial charge >= 0.3 is 0 Å². The van der Waals surface area contributed by atoms with E-state index in [4.69, 9.17) is 10.5 Å². The summed E-state index contributed by atoms with van der Waals surface area (Å²) in [5.74, 6) is 1.29. The number of amides is 1. The number of rotatable bonds is 3. The van der Waals surface area contributed by atoms with Gasteiger partial charge in [0.1, 0.15) is 11.4 Å². The number of aryl methyl sites for hydroxylation is 1. The largest absolute Gasteiger partial charge is 0.383 e. The highest BCUT2D eigenvalue weighted by molar-refractivity contribution is 7.14. The molecule has 2 aromatic heterocycles. The van der Waals surface area contributed by atoms with E-state index in [1.165, 1.54) is 16.9 Å². The van der Waals surface area contributed by atoms with Crippen LogP contribution in [0.25, 0.3) is 0 Å². The molecule has 1 saturated heterocycles. The molecule has 5 rings (SSSR count). The Morgan fingerprint density at radius 1 is 1.38 bits per heavy atom. The lowest BCUT2D eigenvalue weighted by atomic mass is 9.85. The lowest BCUT2D eigenvalue weighted by Gasteiger charge is -2.43. The molecule has 4 heterocycles. The van der Waals surface area contributed by atoms with E-state index in [-0.39, 0.29) is 11.5 Å². The molecular formula is C21H27N5O2S. The molecule has 7 nitrogen and oxygen atoms in total. The zero-order chi connectivity index (χ0) is 20.0. The summed E-state index contributed by atoms with van der Waals surface area (Å²) in [4.78, 5) is 25.8. The summed E-state index contributed by atoms with van der Waals surface area (Å²) in [6, 6.07) is 2.45. The van der Waals surface area contributed by atoms with Crippen LogP contribution < -0.4 is 16.0 Å². The molecule has 1 saturated carbocycles. The Kier molecular flexibility index (Phi) is 4.70. The first-order chi connectivity index (χ1) is 14.0. The number of fused-ring (bicyclic) bond motifs is 2. The second-order valence-corrected chi connectivity index (χ2v) is 9.44. The fourth-order valence-corrected chi connectivity index (χ4v) is 5.69. The third-order valence-electron chi connectivity index (χ3n) is 6.49. The van der Waals surface area contributed by atoms with Gasteiger partial charge in [-0.25, -0.2) is 4.98 Å². The van der Waals surface area contributed by atoms with Crippen LogP contribution in [0.4, 0.5) is 11.8 Å². The highest BCUT2D eigenvalue weighted by Crippen LogP contribution is 2.45. The molecule has 8 heteroatoms. The molecule has 0 bridgehead atoms. The Bertz CT molecular complexity index is 931. The second-order valence-electron chi connectivity index (χ2n) is 8.38. The quantitative estimate of drug-likeness (QED) is 0.804. The van der Waals surface area contributed by atoms with Gasteiger partial charge in [-0.05, 0) is 57.1 Å². The number of thiophene rings is 1. The maximum absolute atomic E-state index is 12.7. The van der Waals surface area contributed by atoms with Crippen LogP contribution in [-0.4, -0.2) is 41.6 Å². The maximum Gasteiger partial charge on any atom is 0.261 e.